The van der Waals surface area contributed by atoms with Crippen molar-refractivity contribution in [3.8, 4) is 0 Å². The molecule has 8 nitrogen and oxygen atoms in total. The molecule has 98 valence electrons. The van der Waals surface area contributed by atoms with Gasteiger partial charge in [0.05, 0.1) is 4.92 Å². The smallest absolute Gasteiger partial charge is 0.320 e. The minimum atomic E-state index is -4.00. The van der Waals surface area contributed by atoms with Gasteiger partial charge in [-0.25, -0.2) is 8.42 Å². The molecule has 1 aromatic rings. The average molecular weight is 274 g/mol. The largest absolute Gasteiger partial charge is 0.480 e. The summed E-state index contributed by atoms with van der Waals surface area (Å²) in [6, 6.07) is 3.61. The van der Waals surface area contributed by atoms with Gasteiger partial charge in [-0.05, 0) is 19.1 Å². The summed E-state index contributed by atoms with van der Waals surface area (Å²) in [6.45, 7) is 1.45. The van der Waals surface area contributed by atoms with Crippen molar-refractivity contribution < 1.29 is 23.2 Å². The lowest BCUT2D eigenvalue weighted by Gasteiger charge is -2.06. The fourth-order valence-electron chi connectivity index (χ4n) is 1.30. The van der Waals surface area contributed by atoms with Gasteiger partial charge in [-0.3, -0.25) is 19.6 Å². The number of carbonyl (C=O) groups is 1. The minimum absolute atomic E-state index is 0.0827. The Morgan fingerprint density at radius 2 is 2.11 bits per heavy atom. The Morgan fingerprint density at radius 3 is 2.56 bits per heavy atom. The number of sulfonamides is 1. The van der Waals surface area contributed by atoms with Crippen molar-refractivity contribution in [3.05, 3.63) is 33.9 Å². The van der Waals surface area contributed by atoms with Gasteiger partial charge in [-0.1, -0.05) is 0 Å². The number of aryl methyl sites for hydroxylation is 1. The zero-order chi connectivity index (χ0) is 13.9. The van der Waals surface area contributed by atoms with Gasteiger partial charge in [-0.2, -0.15) is 0 Å². The summed E-state index contributed by atoms with van der Waals surface area (Å²) in [5.74, 6) is -2.55. The first-order valence-electron chi connectivity index (χ1n) is 4.68. The topological polar surface area (TPSA) is 127 Å². The summed E-state index contributed by atoms with van der Waals surface area (Å²) in [7, 11) is -4.00. The second kappa shape index (κ2) is 5.00. The first-order chi connectivity index (χ1) is 8.21. The van der Waals surface area contributed by atoms with Gasteiger partial charge in [0, 0.05) is 17.3 Å². The number of anilines is 1. The maximum absolute atomic E-state index is 11.3. The van der Waals surface area contributed by atoms with Crippen LogP contribution in [0.1, 0.15) is 5.56 Å². The van der Waals surface area contributed by atoms with E-state index in [0.717, 1.165) is 6.07 Å². The number of nitrogens with zero attached hydrogens (tertiary/aromatic N) is 1. The Kier molecular flexibility index (Phi) is 3.86. The summed E-state index contributed by atoms with van der Waals surface area (Å²) in [4.78, 5) is 20.3. The molecule has 0 fully saturated rings. The highest BCUT2D eigenvalue weighted by molar-refractivity contribution is 7.93. The molecule has 0 saturated heterocycles. The minimum Gasteiger partial charge on any atom is -0.480 e. The van der Waals surface area contributed by atoms with Gasteiger partial charge in [-0.15, -0.1) is 0 Å². The highest BCUT2D eigenvalue weighted by atomic mass is 32.2. The molecule has 2 N–H and O–H groups in total. The van der Waals surface area contributed by atoms with E-state index in [4.69, 9.17) is 5.11 Å². The standard InChI is InChI=1S/C9H10N2O6S/c1-6-4-7(2-3-8(6)11(14)15)10-18(16,17)5-9(12)13/h2-4,10H,5H2,1H3,(H,12,13). The van der Waals surface area contributed by atoms with Crippen LogP contribution in [0.25, 0.3) is 0 Å². The molecule has 0 atom stereocenters. The van der Waals surface area contributed by atoms with Crippen molar-refractivity contribution in [2.75, 3.05) is 10.5 Å². The number of aliphatic carboxylic acids is 1. The zero-order valence-electron chi connectivity index (χ0n) is 9.28. The summed E-state index contributed by atoms with van der Waals surface area (Å²) in [5, 5.41) is 18.9. The molecule has 1 aromatic carbocycles. The first-order valence-corrected chi connectivity index (χ1v) is 6.34. The van der Waals surface area contributed by atoms with Crippen LogP contribution in [0.4, 0.5) is 11.4 Å². The second-order valence-electron chi connectivity index (χ2n) is 3.51. The molecular weight excluding hydrogens is 264 g/mol. The number of nitro groups is 1. The van der Waals surface area contributed by atoms with Crippen LogP contribution in [0.2, 0.25) is 0 Å². The summed E-state index contributed by atoms with van der Waals surface area (Å²) >= 11 is 0. The van der Waals surface area contributed by atoms with E-state index in [-0.39, 0.29) is 16.9 Å². The molecule has 0 aliphatic rings. The maximum Gasteiger partial charge on any atom is 0.320 e. The average Bonchev–Trinajstić information content (AvgIpc) is 2.13. The van der Waals surface area contributed by atoms with E-state index >= 15 is 0 Å². The highest BCUT2D eigenvalue weighted by Crippen LogP contribution is 2.22. The maximum atomic E-state index is 11.3. The Morgan fingerprint density at radius 1 is 1.50 bits per heavy atom. The lowest BCUT2D eigenvalue weighted by molar-refractivity contribution is -0.385. The predicted octanol–water partition coefficient (Wildman–Crippen LogP) is 0.730. The van der Waals surface area contributed by atoms with Crippen molar-refractivity contribution in [2.24, 2.45) is 0 Å². The fraction of sp³-hybridized carbons (Fsp3) is 0.222. The van der Waals surface area contributed by atoms with E-state index in [9.17, 15) is 23.3 Å². The SMILES string of the molecule is Cc1cc(NS(=O)(=O)CC(=O)O)ccc1[N+](=O)[O-]. The lowest BCUT2D eigenvalue weighted by Crippen LogP contribution is -2.22. The third-order valence-electron chi connectivity index (χ3n) is 1.98. The van der Waals surface area contributed by atoms with Gasteiger partial charge < -0.3 is 5.11 Å². The molecule has 0 spiro atoms. The molecule has 0 bridgehead atoms. The number of hydrogen-bond acceptors (Lipinski definition) is 5. The Labute approximate surface area is 102 Å². The lowest BCUT2D eigenvalue weighted by atomic mass is 10.2. The Bertz CT molecular complexity index is 595. The molecule has 0 heterocycles. The van der Waals surface area contributed by atoms with Crippen molar-refractivity contribution in [2.45, 2.75) is 6.92 Å². The van der Waals surface area contributed by atoms with Crippen LogP contribution in [-0.4, -0.2) is 30.2 Å². The van der Waals surface area contributed by atoms with E-state index in [1.165, 1.54) is 19.1 Å². The van der Waals surface area contributed by atoms with Crippen molar-refractivity contribution in [1.29, 1.82) is 0 Å². The van der Waals surface area contributed by atoms with Crippen LogP contribution in [0.3, 0.4) is 0 Å². The fourth-order valence-corrected chi connectivity index (χ4v) is 2.19. The van der Waals surface area contributed by atoms with Gasteiger partial charge in [0.25, 0.3) is 5.69 Å². The molecule has 0 aliphatic heterocycles. The third kappa shape index (κ3) is 3.70. The van der Waals surface area contributed by atoms with Crippen molar-refractivity contribution in [3.63, 3.8) is 0 Å². The number of nitro benzene ring substituents is 1. The van der Waals surface area contributed by atoms with E-state index < -0.39 is 26.7 Å². The highest BCUT2D eigenvalue weighted by Gasteiger charge is 2.17. The quantitative estimate of drug-likeness (QED) is 0.602. The number of carboxylic acids is 1. The molecule has 18 heavy (non-hydrogen) atoms. The van der Waals surface area contributed by atoms with Crippen LogP contribution in [-0.2, 0) is 14.8 Å². The second-order valence-corrected chi connectivity index (χ2v) is 5.24. The van der Waals surface area contributed by atoms with E-state index in [2.05, 4.69) is 0 Å². The number of rotatable bonds is 5. The monoisotopic (exact) mass is 274 g/mol. The molecule has 0 aliphatic carbocycles. The number of nitrogens with one attached hydrogen (secondary N) is 1. The Hall–Kier alpha value is -2.16. The van der Waals surface area contributed by atoms with Crippen LogP contribution in [0, 0.1) is 17.0 Å². The van der Waals surface area contributed by atoms with E-state index in [0.29, 0.717) is 0 Å². The molecule has 0 radical (unpaired) electrons. The third-order valence-corrected chi connectivity index (χ3v) is 3.15. The van der Waals surface area contributed by atoms with Gasteiger partial charge >= 0.3 is 5.97 Å². The normalized spacial score (nSPS) is 10.9. The van der Waals surface area contributed by atoms with Gasteiger partial charge in [0.1, 0.15) is 0 Å². The van der Waals surface area contributed by atoms with Crippen LogP contribution >= 0.6 is 0 Å². The number of carboxylic acid groups (broad SMARTS) is 1. The molecule has 9 heteroatoms. The van der Waals surface area contributed by atoms with E-state index in [1.54, 1.807) is 0 Å². The van der Waals surface area contributed by atoms with Crippen molar-refractivity contribution in [1.82, 2.24) is 0 Å². The summed E-state index contributed by atoms with van der Waals surface area (Å²) < 4.78 is 24.7. The number of hydrogen-bond donors (Lipinski definition) is 2. The molecule has 0 aromatic heterocycles. The van der Waals surface area contributed by atoms with Crippen LogP contribution in [0.5, 0.6) is 0 Å². The first kappa shape index (κ1) is 13.9. The van der Waals surface area contributed by atoms with E-state index in [1.807, 2.05) is 4.72 Å². The number of benzene rings is 1. The van der Waals surface area contributed by atoms with Crippen LogP contribution < -0.4 is 4.72 Å². The molecule has 0 unspecified atom stereocenters. The summed E-state index contributed by atoms with van der Waals surface area (Å²) in [6.07, 6.45) is 0. The van der Waals surface area contributed by atoms with Gasteiger partial charge in [0.15, 0.2) is 5.75 Å². The molecule has 0 saturated carbocycles. The summed E-state index contributed by atoms with van der Waals surface area (Å²) in [5.41, 5.74) is 0.214. The molecule has 1 rings (SSSR count). The molecule has 0 amide bonds. The van der Waals surface area contributed by atoms with Gasteiger partial charge in [0.2, 0.25) is 10.0 Å². The van der Waals surface area contributed by atoms with Crippen LogP contribution in [0.15, 0.2) is 18.2 Å². The van der Waals surface area contributed by atoms with Crippen molar-refractivity contribution >= 4 is 27.4 Å². The zero-order valence-corrected chi connectivity index (χ0v) is 10.1. The molecular formula is C9H10N2O6S. The Balaban J connectivity index is 2.97. The predicted molar refractivity (Wildman–Crippen MR) is 62.9 cm³/mol.